The Bertz CT molecular complexity index is 2010. The molecule has 16 nitrogen and oxygen atoms in total. The highest BCUT2D eigenvalue weighted by molar-refractivity contribution is 5.92. The van der Waals surface area contributed by atoms with Crippen LogP contribution in [0.4, 0.5) is 4.39 Å². The van der Waals surface area contributed by atoms with Crippen LogP contribution in [0.2, 0.25) is 0 Å². The third-order valence-corrected chi connectivity index (χ3v) is 8.06. The van der Waals surface area contributed by atoms with E-state index in [-0.39, 0.29) is 49.1 Å². The van der Waals surface area contributed by atoms with Crippen LogP contribution in [0.25, 0.3) is 0 Å². The number of ether oxygens (including phenoxy) is 10. The molecular weight excluding hydrogens is 827 g/mol. The monoisotopic (exact) mass is 876 g/mol. The molecule has 2 atom stereocenters. The van der Waals surface area contributed by atoms with Crippen LogP contribution in [0, 0.1) is 5.82 Å². The largest absolute Gasteiger partial charge is 0.494 e. The van der Waals surface area contributed by atoms with Crippen molar-refractivity contribution in [2.45, 2.75) is 37.9 Å². The smallest absolute Gasteiger partial charge is 0.343 e. The number of halogens is 1. The van der Waals surface area contributed by atoms with Crippen molar-refractivity contribution in [3.05, 3.63) is 134 Å². The van der Waals surface area contributed by atoms with Gasteiger partial charge >= 0.3 is 35.8 Å². The van der Waals surface area contributed by atoms with Crippen LogP contribution >= 0.6 is 0 Å². The highest BCUT2D eigenvalue weighted by atomic mass is 19.1. The van der Waals surface area contributed by atoms with Crippen LogP contribution in [0.1, 0.15) is 46.4 Å². The molecule has 0 radical (unpaired) electrons. The number of carbonyl (C=O) groups excluding carboxylic acids is 6. The normalized spacial score (nSPS) is 11.4. The zero-order chi connectivity index (χ0) is 45.8. The Kier molecular flexibility index (Phi) is 22.7. The van der Waals surface area contributed by atoms with Crippen molar-refractivity contribution in [1.29, 1.82) is 0 Å². The van der Waals surface area contributed by atoms with E-state index in [1.54, 1.807) is 24.3 Å². The van der Waals surface area contributed by atoms with Crippen LogP contribution in [-0.4, -0.2) is 101 Å². The Balaban J connectivity index is 1.34. The van der Waals surface area contributed by atoms with E-state index in [2.05, 4.69) is 26.3 Å². The fraction of sp³-hybridized carbons (Fsp3) is 0.304. The molecule has 2 unspecified atom stereocenters. The van der Waals surface area contributed by atoms with E-state index in [0.717, 1.165) is 30.4 Å². The van der Waals surface area contributed by atoms with Crippen LogP contribution in [0.5, 0.6) is 23.0 Å². The average Bonchev–Trinajstić information content (AvgIpc) is 3.29. The van der Waals surface area contributed by atoms with E-state index < -0.39 is 53.8 Å². The molecule has 0 aliphatic carbocycles. The van der Waals surface area contributed by atoms with Crippen LogP contribution in [0.3, 0.4) is 0 Å². The molecule has 3 rings (SSSR count). The molecular formula is C46H49FO16. The van der Waals surface area contributed by atoms with Crippen molar-refractivity contribution >= 4 is 35.8 Å². The standard InChI is InChI=1S/C46H49FO16/c1-5-41(48)58-30-37(60-43(50)7-3)28-54-23-9-11-25-56-34-17-13-32(14-18-34)45(52)62-36-21-22-40(39(47)27-36)63-46(53)33-15-19-35(20-16-33)57-26-12-10-24-55-29-38(61-44(51)8-4)31-59-42(49)6-2/h5-8,13-22,27,37-38H,1-4,9-12,23-26,28-31H2. The maximum absolute atomic E-state index is 14.9. The van der Waals surface area contributed by atoms with Crippen LogP contribution < -0.4 is 18.9 Å². The summed E-state index contributed by atoms with van der Waals surface area (Å²) in [6.07, 6.45) is 4.81. The van der Waals surface area contributed by atoms with Crippen molar-refractivity contribution < 1.29 is 80.5 Å². The molecule has 0 bridgehead atoms. The SMILES string of the molecule is C=CC(=O)OCC(COCCCCOc1ccc(C(=O)Oc2ccc(OC(=O)c3ccc(OCCCCOCC(COC(=O)C=C)OC(=O)C=C)cc3)c(F)c2)cc1)OC(=O)C=C. The predicted molar refractivity (Wildman–Crippen MR) is 223 cm³/mol. The summed E-state index contributed by atoms with van der Waals surface area (Å²) in [7, 11) is 0. The zero-order valence-corrected chi connectivity index (χ0v) is 34.5. The van der Waals surface area contributed by atoms with Gasteiger partial charge in [-0.3, -0.25) is 0 Å². The van der Waals surface area contributed by atoms with Gasteiger partial charge < -0.3 is 47.4 Å². The van der Waals surface area contributed by atoms with Gasteiger partial charge in [0.1, 0.15) is 30.5 Å². The predicted octanol–water partition coefficient (Wildman–Crippen LogP) is 6.27. The van der Waals surface area contributed by atoms with Gasteiger partial charge in [0.15, 0.2) is 23.8 Å². The minimum absolute atomic E-state index is 0.00437. The molecule has 0 saturated carbocycles. The molecule has 0 spiro atoms. The van der Waals surface area contributed by atoms with Gasteiger partial charge in [0.05, 0.1) is 37.6 Å². The number of rotatable bonds is 30. The second-order valence-corrected chi connectivity index (χ2v) is 12.9. The third kappa shape index (κ3) is 19.9. The average molecular weight is 877 g/mol. The van der Waals surface area contributed by atoms with E-state index >= 15 is 0 Å². The molecule has 0 aromatic heterocycles. The first-order chi connectivity index (χ1) is 30.4. The topological polar surface area (TPSA) is 195 Å². The van der Waals surface area contributed by atoms with Crippen molar-refractivity contribution in [3.63, 3.8) is 0 Å². The Morgan fingerprint density at radius 2 is 0.889 bits per heavy atom. The highest BCUT2D eigenvalue weighted by Gasteiger charge is 2.18. The van der Waals surface area contributed by atoms with Crippen molar-refractivity contribution in [2.75, 3.05) is 52.9 Å². The van der Waals surface area contributed by atoms with E-state index in [9.17, 15) is 33.2 Å². The van der Waals surface area contributed by atoms with Crippen molar-refractivity contribution in [1.82, 2.24) is 0 Å². The first-order valence-corrected chi connectivity index (χ1v) is 19.5. The summed E-state index contributed by atoms with van der Waals surface area (Å²) in [6, 6.07) is 15.6. The number of benzene rings is 3. The summed E-state index contributed by atoms with van der Waals surface area (Å²) in [5.74, 6) is -4.67. The molecule has 3 aromatic carbocycles. The van der Waals surface area contributed by atoms with Crippen LogP contribution in [-0.2, 0) is 47.6 Å². The fourth-order valence-corrected chi connectivity index (χ4v) is 4.87. The third-order valence-electron chi connectivity index (χ3n) is 8.06. The molecule has 0 N–H and O–H groups in total. The molecule has 336 valence electrons. The lowest BCUT2D eigenvalue weighted by molar-refractivity contribution is -0.156. The zero-order valence-electron chi connectivity index (χ0n) is 34.5. The molecule has 0 aliphatic heterocycles. The summed E-state index contributed by atoms with van der Waals surface area (Å²) >= 11 is 0. The summed E-state index contributed by atoms with van der Waals surface area (Å²) < 4.78 is 68.0. The summed E-state index contributed by atoms with van der Waals surface area (Å²) in [4.78, 5) is 71.1. The Hall–Kier alpha value is -7.11. The first-order valence-electron chi connectivity index (χ1n) is 19.5. The van der Waals surface area contributed by atoms with E-state index in [0.29, 0.717) is 63.6 Å². The Morgan fingerprint density at radius 1 is 0.492 bits per heavy atom. The van der Waals surface area contributed by atoms with Gasteiger partial charge in [-0.2, -0.15) is 0 Å². The fourth-order valence-electron chi connectivity index (χ4n) is 4.87. The van der Waals surface area contributed by atoms with E-state index in [4.69, 9.17) is 47.4 Å². The summed E-state index contributed by atoms with van der Waals surface area (Å²) in [5, 5.41) is 0. The lowest BCUT2D eigenvalue weighted by Gasteiger charge is -2.17. The van der Waals surface area contributed by atoms with Gasteiger partial charge in [-0.25, -0.2) is 33.2 Å². The van der Waals surface area contributed by atoms with Gasteiger partial charge in [0.2, 0.25) is 0 Å². The molecule has 63 heavy (non-hydrogen) atoms. The van der Waals surface area contributed by atoms with Crippen molar-refractivity contribution in [3.8, 4) is 23.0 Å². The lowest BCUT2D eigenvalue weighted by Crippen LogP contribution is -2.29. The summed E-state index contributed by atoms with van der Waals surface area (Å²) in [5.41, 5.74) is 0.317. The summed E-state index contributed by atoms with van der Waals surface area (Å²) in [6.45, 7) is 14.2. The van der Waals surface area contributed by atoms with Gasteiger partial charge in [-0.1, -0.05) is 26.3 Å². The van der Waals surface area contributed by atoms with Gasteiger partial charge in [0.25, 0.3) is 0 Å². The number of hydrogen-bond donors (Lipinski definition) is 0. The maximum atomic E-state index is 14.9. The van der Waals surface area contributed by atoms with Crippen molar-refractivity contribution in [2.24, 2.45) is 0 Å². The minimum Gasteiger partial charge on any atom is -0.494 e. The van der Waals surface area contributed by atoms with Gasteiger partial charge in [-0.15, -0.1) is 0 Å². The highest BCUT2D eigenvalue weighted by Crippen LogP contribution is 2.25. The lowest BCUT2D eigenvalue weighted by atomic mass is 10.2. The van der Waals surface area contributed by atoms with Gasteiger partial charge in [0, 0.05) is 43.6 Å². The van der Waals surface area contributed by atoms with Gasteiger partial charge in [-0.05, 0) is 86.3 Å². The molecule has 0 saturated heterocycles. The molecule has 0 heterocycles. The van der Waals surface area contributed by atoms with E-state index in [1.807, 2.05) is 0 Å². The van der Waals surface area contributed by atoms with Crippen LogP contribution in [0.15, 0.2) is 117 Å². The molecule has 3 aromatic rings. The quantitative estimate of drug-likeness (QED) is 0.0239. The maximum Gasteiger partial charge on any atom is 0.343 e. The molecule has 0 fully saturated rings. The number of hydrogen-bond acceptors (Lipinski definition) is 16. The van der Waals surface area contributed by atoms with E-state index in [1.165, 1.54) is 36.4 Å². The Labute approximate surface area is 363 Å². The second kappa shape index (κ2) is 28.4. The Morgan fingerprint density at radius 3 is 1.30 bits per heavy atom. The molecule has 0 aliphatic rings. The number of unbranched alkanes of at least 4 members (excludes halogenated alkanes) is 2. The minimum atomic E-state index is -0.930. The first kappa shape index (κ1) is 50.2. The number of carbonyl (C=O) groups is 6. The molecule has 17 heteroatoms. The second-order valence-electron chi connectivity index (χ2n) is 12.9. The number of esters is 6. The molecule has 0 amide bonds.